The first-order valence-electron chi connectivity index (χ1n) is 4.64. The lowest BCUT2D eigenvalue weighted by Crippen LogP contribution is -2.07. The van der Waals surface area contributed by atoms with Gasteiger partial charge >= 0.3 is 0 Å². The summed E-state index contributed by atoms with van der Waals surface area (Å²) in [5, 5.41) is 1.98. The monoisotopic (exact) mass is 217 g/mol. The predicted molar refractivity (Wildman–Crippen MR) is 64.2 cm³/mol. The number of rotatable bonds is 3. The number of carbonyl (C=O) groups is 1. The molecule has 0 N–H and O–H groups in total. The number of para-hydroxylation sites is 1. The molecule has 76 valence electrons. The van der Waals surface area contributed by atoms with Crippen LogP contribution in [-0.2, 0) is 0 Å². The Morgan fingerprint density at radius 1 is 1.20 bits per heavy atom. The molecule has 0 radical (unpaired) electrons. The van der Waals surface area contributed by atoms with E-state index in [0.29, 0.717) is 0 Å². The number of aldehydes is 1. The molecule has 0 spiro atoms. The summed E-state index contributed by atoms with van der Waals surface area (Å²) in [7, 11) is 1.99. The highest BCUT2D eigenvalue weighted by atomic mass is 32.1. The van der Waals surface area contributed by atoms with Crippen LogP contribution in [0, 0.1) is 0 Å². The van der Waals surface area contributed by atoms with Crippen molar-refractivity contribution < 1.29 is 4.79 Å². The molecule has 0 amide bonds. The van der Waals surface area contributed by atoms with Gasteiger partial charge in [-0.05, 0) is 18.2 Å². The average molecular weight is 217 g/mol. The SMILES string of the molecule is CN(c1ccccc1)c1csc(C=O)c1. The normalized spacial score (nSPS) is 9.93. The Morgan fingerprint density at radius 2 is 1.93 bits per heavy atom. The van der Waals surface area contributed by atoms with Crippen LogP contribution in [0.4, 0.5) is 11.4 Å². The second-order valence-electron chi connectivity index (χ2n) is 3.22. The first kappa shape index (κ1) is 9.93. The minimum atomic E-state index is 0.757. The average Bonchev–Trinajstić information content (AvgIpc) is 2.78. The summed E-state index contributed by atoms with van der Waals surface area (Å²) in [5.41, 5.74) is 2.17. The lowest BCUT2D eigenvalue weighted by Gasteiger charge is -2.17. The van der Waals surface area contributed by atoms with Crippen LogP contribution in [0.25, 0.3) is 0 Å². The molecule has 0 saturated heterocycles. The third kappa shape index (κ3) is 2.07. The third-order valence-electron chi connectivity index (χ3n) is 2.25. The van der Waals surface area contributed by atoms with Crippen LogP contribution in [0.2, 0.25) is 0 Å². The van der Waals surface area contributed by atoms with Crippen LogP contribution in [0.3, 0.4) is 0 Å². The van der Waals surface area contributed by atoms with Gasteiger partial charge in [0.15, 0.2) is 6.29 Å². The molecule has 2 aromatic rings. The smallest absolute Gasteiger partial charge is 0.160 e. The molecule has 3 heteroatoms. The molecule has 0 fully saturated rings. The lowest BCUT2D eigenvalue weighted by molar-refractivity contribution is 0.112. The van der Waals surface area contributed by atoms with Gasteiger partial charge in [-0.25, -0.2) is 0 Å². The van der Waals surface area contributed by atoms with E-state index in [9.17, 15) is 4.79 Å². The fraction of sp³-hybridized carbons (Fsp3) is 0.0833. The second-order valence-corrected chi connectivity index (χ2v) is 4.16. The van der Waals surface area contributed by atoms with Gasteiger partial charge in [0.1, 0.15) is 0 Å². The quantitative estimate of drug-likeness (QED) is 0.735. The molecular weight excluding hydrogens is 206 g/mol. The minimum absolute atomic E-state index is 0.757. The van der Waals surface area contributed by atoms with E-state index in [0.717, 1.165) is 22.5 Å². The van der Waals surface area contributed by atoms with E-state index in [-0.39, 0.29) is 0 Å². The fourth-order valence-corrected chi connectivity index (χ4v) is 2.11. The van der Waals surface area contributed by atoms with E-state index in [1.54, 1.807) is 0 Å². The molecule has 1 heterocycles. The molecule has 0 bridgehead atoms. The van der Waals surface area contributed by atoms with E-state index in [2.05, 4.69) is 4.90 Å². The van der Waals surface area contributed by atoms with Gasteiger partial charge in [0.2, 0.25) is 0 Å². The molecule has 0 saturated carbocycles. The first-order chi connectivity index (χ1) is 7.31. The molecule has 2 nitrogen and oxygen atoms in total. The number of hydrogen-bond donors (Lipinski definition) is 0. The van der Waals surface area contributed by atoms with Gasteiger partial charge in [-0.1, -0.05) is 18.2 Å². The van der Waals surface area contributed by atoms with E-state index in [1.807, 2.05) is 48.8 Å². The van der Waals surface area contributed by atoms with Gasteiger partial charge < -0.3 is 4.90 Å². The van der Waals surface area contributed by atoms with Crippen LogP contribution >= 0.6 is 11.3 Å². The van der Waals surface area contributed by atoms with E-state index in [4.69, 9.17) is 0 Å². The molecular formula is C12H11NOS. The Hall–Kier alpha value is -1.61. The van der Waals surface area contributed by atoms with Crippen molar-refractivity contribution in [2.75, 3.05) is 11.9 Å². The van der Waals surface area contributed by atoms with Gasteiger partial charge in [0.25, 0.3) is 0 Å². The van der Waals surface area contributed by atoms with E-state index >= 15 is 0 Å². The van der Waals surface area contributed by atoms with Crippen LogP contribution in [-0.4, -0.2) is 13.3 Å². The summed E-state index contributed by atoms with van der Waals surface area (Å²) in [6.45, 7) is 0. The standard InChI is InChI=1S/C12H11NOS/c1-13(10-5-3-2-4-6-10)11-7-12(8-14)15-9-11/h2-9H,1H3. The van der Waals surface area contributed by atoms with Crippen molar-refractivity contribution in [3.8, 4) is 0 Å². The summed E-state index contributed by atoms with van der Waals surface area (Å²) in [5.74, 6) is 0. The molecule has 1 aromatic heterocycles. The highest BCUT2D eigenvalue weighted by Gasteiger charge is 2.05. The van der Waals surface area contributed by atoms with Crippen LogP contribution in [0.1, 0.15) is 9.67 Å². The van der Waals surface area contributed by atoms with Crippen molar-refractivity contribution in [3.63, 3.8) is 0 Å². The van der Waals surface area contributed by atoms with Crippen molar-refractivity contribution in [2.45, 2.75) is 0 Å². The zero-order chi connectivity index (χ0) is 10.7. The Morgan fingerprint density at radius 3 is 2.53 bits per heavy atom. The van der Waals surface area contributed by atoms with E-state index < -0.39 is 0 Å². The van der Waals surface area contributed by atoms with Crippen molar-refractivity contribution in [2.24, 2.45) is 0 Å². The Labute approximate surface area is 92.8 Å². The van der Waals surface area contributed by atoms with Crippen molar-refractivity contribution in [1.29, 1.82) is 0 Å². The topological polar surface area (TPSA) is 20.3 Å². The maximum absolute atomic E-state index is 10.6. The number of anilines is 2. The third-order valence-corrected chi connectivity index (χ3v) is 3.10. The minimum Gasteiger partial charge on any atom is -0.344 e. The molecule has 0 aliphatic heterocycles. The number of carbonyl (C=O) groups excluding carboxylic acids is 1. The fourth-order valence-electron chi connectivity index (χ4n) is 1.38. The zero-order valence-corrected chi connectivity index (χ0v) is 9.20. The summed E-state index contributed by atoms with van der Waals surface area (Å²) in [6, 6.07) is 12.0. The maximum atomic E-state index is 10.6. The zero-order valence-electron chi connectivity index (χ0n) is 8.38. The molecule has 0 aliphatic carbocycles. The van der Waals surface area contributed by atoms with Crippen molar-refractivity contribution in [3.05, 3.63) is 46.7 Å². The van der Waals surface area contributed by atoms with E-state index in [1.165, 1.54) is 11.3 Å². The van der Waals surface area contributed by atoms with Gasteiger partial charge in [-0.15, -0.1) is 11.3 Å². The summed E-state index contributed by atoms with van der Waals surface area (Å²) in [4.78, 5) is 13.4. The van der Waals surface area contributed by atoms with Crippen molar-refractivity contribution >= 4 is 29.0 Å². The molecule has 0 unspecified atom stereocenters. The number of nitrogens with zero attached hydrogens (tertiary/aromatic N) is 1. The van der Waals surface area contributed by atoms with Gasteiger partial charge in [-0.2, -0.15) is 0 Å². The molecule has 0 aliphatic rings. The van der Waals surface area contributed by atoms with Crippen LogP contribution in [0.15, 0.2) is 41.8 Å². The molecule has 15 heavy (non-hydrogen) atoms. The Balaban J connectivity index is 2.28. The maximum Gasteiger partial charge on any atom is 0.160 e. The highest BCUT2D eigenvalue weighted by Crippen LogP contribution is 2.27. The Bertz CT molecular complexity index is 450. The van der Waals surface area contributed by atoms with Crippen LogP contribution in [0.5, 0.6) is 0 Å². The Kier molecular flexibility index (Phi) is 2.83. The van der Waals surface area contributed by atoms with Gasteiger partial charge in [0.05, 0.1) is 10.6 Å². The summed E-state index contributed by atoms with van der Waals surface area (Å²) in [6.07, 6.45) is 0.882. The number of thiophene rings is 1. The predicted octanol–water partition coefficient (Wildman–Crippen LogP) is 3.33. The molecule has 2 rings (SSSR count). The summed E-state index contributed by atoms with van der Waals surface area (Å²) < 4.78 is 0. The lowest BCUT2D eigenvalue weighted by atomic mass is 10.3. The van der Waals surface area contributed by atoms with Crippen LogP contribution < -0.4 is 4.90 Å². The second kappa shape index (κ2) is 4.28. The number of hydrogen-bond acceptors (Lipinski definition) is 3. The van der Waals surface area contributed by atoms with Crippen molar-refractivity contribution in [1.82, 2.24) is 0 Å². The van der Waals surface area contributed by atoms with Gasteiger partial charge in [0, 0.05) is 18.1 Å². The number of benzene rings is 1. The molecule has 0 atom stereocenters. The first-order valence-corrected chi connectivity index (χ1v) is 5.51. The largest absolute Gasteiger partial charge is 0.344 e. The summed E-state index contributed by atoms with van der Waals surface area (Å²) >= 11 is 1.46. The highest BCUT2D eigenvalue weighted by molar-refractivity contribution is 7.12. The van der Waals surface area contributed by atoms with Gasteiger partial charge in [-0.3, -0.25) is 4.79 Å². The molecule has 1 aromatic carbocycles.